The Kier molecular flexibility index (Phi) is 6.98. The summed E-state index contributed by atoms with van der Waals surface area (Å²) in [6.07, 6.45) is 1.42. The highest BCUT2D eigenvalue weighted by atomic mass is 79.9. The number of carbonyl (C=O) groups is 2. The lowest BCUT2D eigenvalue weighted by atomic mass is 10.1. The third-order valence-corrected chi connectivity index (χ3v) is 4.66. The molecule has 0 aliphatic rings. The first-order valence-corrected chi connectivity index (χ1v) is 9.81. The van der Waals surface area contributed by atoms with Gasteiger partial charge in [-0.2, -0.15) is 5.10 Å². The summed E-state index contributed by atoms with van der Waals surface area (Å²) in [6.45, 7) is 1.94. The molecule has 3 rings (SSSR count). The van der Waals surface area contributed by atoms with Crippen LogP contribution >= 0.6 is 15.9 Å². The van der Waals surface area contributed by atoms with Gasteiger partial charge in [0.25, 0.3) is 5.91 Å². The molecule has 0 atom stereocenters. The van der Waals surface area contributed by atoms with Crippen molar-refractivity contribution in [3.8, 4) is 11.5 Å². The summed E-state index contributed by atoms with van der Waals surface area (Å²) in [5.74, 6) is 0.0258. The van der Waals surface area contributed by atoms with E-state index in [1.54, 1.807) is 54.6 Å². The Hall–Kier alpha value is -3.45. The first-order valence-electron chi connectivity index (χ1n) is 9.02. The second-order valence-corrected chi connectivity index (χ2v) is 7.28. The number of nitrogens with zero attached hydrogens (tertiary/aromatic N) is 1. The normalized spacial score (nSPS) is 10.6. The molecule has 0 saturated carbocycles. The Morgan fingerprint density at radius 2 is 1.77 bits per heavy atom. The van der Waals surface area contributed by atoms with Crippen molar-refractivity contribution in [3.05, 3.63) is 93.5 Å². The fraction of sp³-hybridized carbons (Fsp3) is 0.0870. The number of carbonyl (C=O) groups excluding carboxylic acids is 2. The lowest BCUT2D eigenvalue weighted by Crippen LogP contribution is -2.17. The van der Waals surface area contributed by atoms with Crippen molar-refractivity contribution in [2.45, 2.75) is 6.92 Å². The highest BCUT2D eigenvalue weighted by Crippen LogP contribution is 2.23. The molecule has 0 fully saturated rings. The minimum absolute atomic E-state index is 0.322. The van der Waals surface area contributed by atoms with Crippen LogP contribution in [0.5, 0.6) is 11.5 Å². The molecule has 0 aromatic heterocycles. The number of halogens is 1. The van der Waals surface area contributed by atoms with Gasteiger partial charge >= 0.3 is 5.97 Å². The number of hydrogen-bond acceptors (Lipinski definition) is 5. The minimum Gasteiger partial charge on any atom is -0.497 e. The summed E-state index contributed by atoms with van der Waals surface area (Å²) < 4.78 is 11.4. The predicted octanol–water partition coefficient (Wildman–Crippen LogP) is 4.75. The van der Waals surface area contributed by atoms with Crippen LogP contribution < -0.4 is 14.9 Å². The predicted molar refractivity (Wildman–Crippen MR) is 118 cm³/mol. The van der Waals surface area contributed by atoms with E-state index in [1.165, 1.54) is 13.3 Å². The second kappa shape index (κ2) is 9.84. The number of methoxy groups -OCH3 is 1. The van der Waals surface area contributed by atoms with Crippen LogP contribution in [0.4, 0.5) is 0 Å². The Labute approximate surface area is 182 Å². The SMILES string of the molecule is COc1cccc(C(=O)N/N=C/c2cc(Br)ccc2OC(=O)c2ccc(C)cc2)c1. The molecule has 0 aliphatic carbocycles. The van der Waals surface area contributed by atoms with Crippen LogP contribution in [-0.2, 0) is 0 Å². The largest absolute Gasteiger partial charge is 0.497 e. The van der Waals surface area contributed by atoms with Gasteiger partial charge in [0.2, 0.25) is 0 Å². The van der Waals surface area contributed by atoms with Gasteiger partial charge in [-0.15, -0.1) is 0 Å². The van der Waals surface area contributed by atoms with Crippen LogP contribution in [0.1, 0.15) is 31.8 Å². The molecular weight excluding hydrogens is 448 g/mol. The molecule has 152 valence electrons. The monoisotopic (exact) mass is 466 g/mol. The molecule has 1 amide bonds. The zero-order valence-electron chi connectivity index (χ0n) is 16.4. The Bertz CT molecular complexity index is 1090. The van der Waals surface area contributed by atoms with Crippen LogP contribution in [-0.4, -0.2) is 25.2 Å². The van der Waals surface area contributed by atoms with Crippen molar-refractivity contribution in [2.75, 3.05) is 7.11 Å². The first kappa shape index (κ1) is 21.3. The van der Waals surface area contributed by atoms with Gasteiger partial charge in [-0.1, -0.05) is 39.7 Å². The summed E-state index contributed by atoms with van der Waals surface area (Å²) in [4.78, 5) is 24.7. The summed E-state index contributed by atoms with van der Waals surface area (Å²) in [6, 6.07) is 19.0. The topological polar surface area (TPSA) is 77.0 Å². The zero-order chi connectivity index (χ0) is 21.5. The number of hydrazone groups is 1. The molecule has 6 nitrogen and oxygen atoms in total. The molecule has 0 heterocycles. The van der Waals surface area contributed by atoms with E-state index in [1.807, 2.05) is 19.1 Å². The first-order chi connectivity index (χ1) is 14.5. The number of hydrogen-bond donors (Lipinski definition) is 1. The number of nitrogens with one attached hydrogen (secondary N) is 1. The molecule has 0 bridgehead atoms. The van der Waals surface area contributed by atoms with E-state index in [9.17, 15) is 9.59 Å². The van der Waals surface area contributed by atoms with E-state index in [2.05, 4.69) is 26.5 Å². The van der Waals surface area contributed by atoms with Crippen molar-refractivity contribution >= 4 is 34.0 Å². The number of aryl methyl sites for hydroxylation is 1. The van der Waals surface area contributed by atoms with E-state index >= 15 is 0 Å². The molecule has 7 heteroatoms. The highest BCUT2D eigenvalue weighted by molar-refractivity contribution is 9.10. The van der Waals surface area contributed by atoms with Gasteiger partial charge in [-0.05, 0) is 55.5 Å². The van der Waals surface area contributed by atoms with Crippen molar-refractivity contribution in [1.82, 2.24) is 5.43 Å². The summed E-state index contributed by atoms with van der Waals surface area (Å²) in [5.41, 5.74) is 4.88. The van der Waals surface area contributed by atoms with Crippen LogP contribution in [0.2, 0.25) is 0 Å². The van der Waals surface area contributed by atoms with Gasteiger partial charge in [0, 0.05) is 15.6 Å². The molecule has 0 radical (unpaired) electrons. The third kappa shape index (κ3) is 5.55. The number of rotatable bonds is 6. The highest BCUT2D eigenvalue weighted by Gasteiger charge is 2.12. The second-order valence-electron chi connectivity index (χ2n) is 6.37. The number of ether oxygens (including phenoxy) is 2. The average Bonchev–Trinajstić information content (AvgIpc) is 2.76. The van der Waals surface area contributed by atoms with Gasteiger partial charge in [0.05, 0.1) is 18.9 Å². The Morgan fingerprint density at radius 1 is 1.00 bits per heavy atom. The minimum atomic E-state index is -0.479. The molecule has 1 N–H and O–H groups in total. The molecular formula is C23H19BrN2O4. The summed E-state index contributed by atoms with van der Waals surface area (Å²) >= 11 is 3.39. The Morgan fingerprint density at radius 3 is 2.50 bits per heavy atom. The molecule has 0 aliphatic heterocycles. The van der Waals surface area contributed by atoms with Crippen LogP contribution in [0.15, 0.2) is 76.3 Å². The maximum atomic E-state index is 12.4. The van der Waals surface area contributed by atoms with Gasteiger partial charge in [0.1, 0.15) is 11.5 Å². The molecule has 0 saturated heterocycles. The maximum absolute atomic E-state index is 12.4. The number of benzene rings is 3. The molecule has 0 spiro atoms. The summed E-state index contributed by atoms with van der Waals surface area (Å²) in [5, 5.41) is 3.99. The molecule has 30 heavy (non-hydrogen) atoms. The standard InChI is InChI=1S/C23H19BrN2O4/c1-15-6-8-16(9-7-15)23(28)30-21-11-10-19(24)12-18(21)14-25-26-22(27)17-4-3-5-20(13-17)29-2/h3-14H,1-2H3,(H,26,27)/b25-14+. The van der Waals surface area contributed by atoms with Crippen molar-refractivity contribution in [3.63, 3.8) is 0 Å². The lowest BCUT2D eigenvalue weighted by molar-refractivity contribution is 0.0734. The van der Waals surface area contributed by atoms with Crippen molar-refractivity contribution in [2.24, 2.45) is 5.10 Å². The van der Waals surface area contributed by atoms with Gasteiger partial charge in [0.15, 0.2) is 0 Å². The van der Waals surface area contributed by atoms with E-state index in [4.69, 9.17) is 9.47 Å². The van der Waals surface area contributed by atoms with Crippen LogP contribution in [0.25, 0.3) is 0 Å². The smallest absolute Gasteiger partial charge is 0.343 e. The quantitative estimate of drug-likeness (QED) is 0.246. The van der Waals surface area contributed by atoms with Crippen molar-refractivity contribution in [1.29, 1.82) is 0 Å². The Balaban J connectivity index is 1.73. The fourth-order valence-corrected chi connectivity index (χ4v) is 2.93. The van der Waals surface area contributed by atoms with Gasteiger partial charge < -0.3 is 9.47 Å². The number of esters is 1. The van der Waals surface area contributed by atoms with Gasteiger partial charge in [-0.3, -0.25) is 4.79 Å². The van der Waals surface area contributed by atoms with E-state index in [0.29, 0.717) is 28.2 Å². The number of amides is 1. The third-order valence-electron chi connectivity index (χ3n) is 4.16. The van der Waals surface area contributed by atoms with E-state index < -0.39 is 11.9 Å². The maximum Gasteiger partial charge on any atom is 0.343 e. The van der Waals surface area contributed by atoms with E-state index in [0.717, 1.165) is 10.0 Å². The fourth-order valence-electron chi connectivity index (χ4n) is 2.55. The lowest BCUT2D eigenvalue weighted by Gasteiger charge is -2.08. The summed E-state index contributed by atoms with van der Waals surface area (Å²) in [7, 11) is 1.53. The van der Waals surface area contributed by atoms with Gasteiger partial charge in [-0.25, -0.2) is 10.2 Å². The molecule has 3 aromatic rings. The zero-order valence-corrected chi connectivity index (χ0v) is 18.0. The average molecular weight is 467 g/mol. The molecule has 3 aromatic carbocycles. The van der Waals surface area contributed by atoms with Crippen molar-refractivity contribution < 1.29 is 19.1 Å². The molecule has 0 unspecified atom stereocenters. The van der Waals surface area contributed by atoms with E-state index in [-0.39, 0.29) is 0 Å². The van der Waals surface area contributed by atoms with Crippen LogP contribution in [0, 0.1) is 6.92 Å². The van der Waals surface area contributed by atoms with Crippen LogP contribution in [0.3, 0.4) is 0 Å².